The smallest absolute Gasteiger partial charge is 0.203 e. The van der Waals surface area contributed by atoms with Gasteiger partial charge in [0.2, 0.25) is 5.75 Å². The normalized spacial score (nSPS) is 11.3. The first-order valence-electron chi connectivity index (χ1n) is 10.5. The minimum absolute atomic E-state index is 0.529. The van der Waals surface area contributed by atoms with Gasteiger partial charge < -0.3 is 28.9 Å². The molecule has 0 saturated heterocycles. The predicted octanol–water partition coefficient (Wildman–Crippen LogP) is 4.50. The number of pyridine rings is 1. The average molecular weight is 444 g/mol. The number of benzene rings is 2. The lowest BCUT2D eigenvalue weighted by molar-refractivity contribution is 0.324. The monoisotopic (exact) mass is 444 g/mol. The van der Waals surface area contributed by atoms with Crippen molar-refractivity contribution in [1.29, 1.82) is 0 Å². The molecule has 2 N–H and O–H groups in total. The zero-order valence-corrected chi connectivity index (χ0v) is 18.7. The molecule has 0 saturated carbocycles. The van der Waals surface area contributed by atoms with E-state index >= 15 is 0 Å². The zero-order valence-electron chi connectivity index (χ0n) is 18.7. The van der Waals surface area contributed by atoms with Gasteiger partial charge in [0.15, 0.2) is 17.1 Å². The maximum atomic E-state index is 6.31. The Morgan fingerprint density at radius 1 is 0.879 bits per heavy atom. The second-order valence-electron chi connectivity index (χ2n) is 7.53. The standard InChI is InChI=1S/C25H24N4O4/c1-30-22-11-16(12-23(31-2)25(22)32-3)21-13-19-24(33-21)17(6-8-27-19)15-4-5-20-18(10-15)28-14-29(20)9-7-26/h4-6,8,10-14H,7,9,26H2,1-3H3. The Bertz CT molecular complexity index is 1430. The molecular weight excluding hydrogens is 420 g/mol. The zero-order chi connectivity index (χ0) is 22.9. The fourth-order valence-electron chi connectivity index (χ4n) is 4.08. The van der Waals surface area contributed by atoms with Gasteiger partial charge in [-0.1, -0.05) is 6.07 Å². The number of aromatic nitrogens is 3. The number of hydrogen-bond acceptors (Lipinski definition) is 7. The predicted molar refractivity (Wildman–Crippen MR) is 127 cm³/mol. The van der Waals surface area contributed by atoms with Crippen LogP contribution in [0.15, 0.2) is 59.4 Å². The van der Waals surface area contributed by atoms with Crippen molar-refractivity contribution in [2.24, 2.45) is 5.73 Å². The third-order valence-electron chi connectivity index (χ3n) is 5.66. The summed E-state index contributed by atoms with van der Waals surface area (Å²) in [6.45, 7) is 1.29. The number of furan rings is 1. The van der Waals surface area contributed by atoms with Crippen molar-refractivity contribution in [3.8, 4) is 39.7 Å². The lowest BCUT2D eigenvalue weighted by atomic mass is 10.1. The van der Waals surface area contributed by atoms with Crippen molar-refractivity contribution in [2.45, 2.75) is 6.54 Å². The molecule has 0 aliphatic carbocycles. The minimum atomic E-state index is 0.529. The molecule has 5 aromatic rings. The molecule has 5 rings (SSSR count). The van der Waals surface area contributed by atoms with Crippen molar-refractivity contribution in [2.75, 3.05) is 27.9 Å². The van der Waals surface area contributed by atoms with E-state index in [0.29, 0.717) is 35.1 Å². The molecule has 0 unspecified atom stereocenters. The van der Waals surface area contributed by atoms with E-state index in [1.165, 1.54) is 0 Å². The lowest BCUT2D eigenvalue weighted by Crippen LogP contribution is -2.08. The van der Waals surface area contributed by atoms with E-state index in [4.69, 9.17) is 24.4 Å². The fourth-order valence-corrected chi connectivity index (χ4v) is 4.08. The number of hydrogen-bond donors (Lipinski definition) is 1. The molecule has 0 amide bonds. The molecule has 0 atom stereocenters. The van der Waals surface area contributed by atoms with Gasteiger partial charge in [-0.3, -0.25) is 4.98 Å². The molecule has 168 valence electrons. The summed E-state index contributed by atoms with van der Waals surface area (Å²) in [5.41, 5.74) is 11.8. The molecule has 0 spiro atoms. The van der Waals surface area contributed by atoms with Crippen LogP contribution in [0.4, 0.5) is 0 Å². The first-order valence-corrected chi connectivity index (χ1v) is 10.5. The highest BCUT2D eigenvalue weighted by atomic mass is 16.5. The fraction of sp³-hybridized carbons (Fsp3) is 0.200. The van der Waals surface area contributed by atoms with Gasteiger partial charge in [-0.2, -0.15) is 0 Å². The lowest BCUT2D eigenvalue weighted by Gasteiger charge is -2.13. The number of ether oxygens (including phenoxy) is 3. The summed E-state index contributed by atoms with van der Waals surface area (Å²) in [5.74, 6) is 2.29. The number of nitrogens with zero attached hydrogens (tertiary/aromatic N) is 3. The highest BCUT2D eigenvalue weighted by molar-refractivity contribution is 5.94. The van der Waals surface area contributed by atoms with E-state index in [1.807, 2.05) is 30.6 Å². The Kier molecular flexibility index (Phi) is 5.35. The molecule has 0 aliphatic heterocycles. The van der Waals surface area contributed by atoms with Crippen molar-refractivity contribution in [1.82, 2.24) is 14.5 Å². The van der Waals surface area contributed by atoms with Crippen LogP contribution in [-0.2, 0) is 6.54 Å². The van der Waals surface area contributed by atoms with E-state index in [-0.39, 0.29) is 0 Å². The number of methoxy groups -OCH3 is 3. The summed E-state index contributed by atoms with van der Waals surface area (Å²) in [7, 11) is 4.75. The topological polar surface area (TPSA) is 97.6 Å². The summed E-state index contributed by atoms with van der Waals surface area (Å²) < 4.78 is 24.8. The van der Waals surface area contributed by atoms with Gasteiger partial charge in [0.25, 0.3) is 0 Å². The van der Waals surface area contributed by atoms with Crippen LogP contribution < -0.4 is 19.9 Å². The molecule has 0 radical (unpaired) electrons. The largest absolute Gasteiger partial charge is 0.493 e. The van der Waals surface area contributed by atoms with Crippen molar-refractivity contribution < 1.29 is 18.6 Å². The summed E-state index contributed by atoms with van der Waals surface area (Å²) >= 11 is 0. The Morgan fingerprint density at radius 2 is 1.67 bits per heavy atom. The number of imidazole rings is 1. The number of fused-ring (bicyclic) bond motifs is 2. The first kappa shape index (κ1) is 20.8. The Balaban J connectivity index is 1.62. The SMILES string of the molecule is COc1cc(-c2cc3nccc(-c4ccc5c(c4)ncn5CCN)c3o2)cc(OC)c1OC. The Hall–Kier alpha value is -4.04. The second-order valence-corrected chi connectivity index (χ2v) is 7.53. The van der Waals surface area contributed by atoms with Crippen LogP contribution in [-0.4, -0.2) is 42.4 Å². The van der Waals surface area contributed by atoms with Gasteiger partial charge in [0, 0.05) is 36.5 Å². The maximum Gasteiger partial charge on any atom is 0.203 e. The molecule has 0 aliphatic rings. The molecule has 33 heavy (non-hydrogen) atoms. The van der Waals surface area contributed by atoms with Crippen LogP contribution in [0, 0.1) is 0 Å². The van der Waals surface area contributed by atoms with Crippen molar-refractivity contribution in [3.63, 3.8) is 0 Å². The minimum Gasteiger partial charge on any atom is -0.493 e. The summed E-state index contributed by atoms with van der Waals surface area (Å²) in [5, 5.41) is 0. The molecule has 2 aromatic carbocycles. The molecule has 3 aromatic heterocycles. The van der Waals surface area contributed by atoms with Crippen molar-refractivity contribution >= 4 is 22.1 Å². The van der Waals surface area contributed by atoms with Gasteiger partial charge in [-0.05, 0) is 35.9 Å². The summed E-state index contributed by atoms with van der Waals surface area (Å²) in [6, 6.07) is 13.7. The third kappa shape index (κ3) is 3.54. The Labute approximate surface area is 190 Å². The van der Waals surface area contributed by atoms with Crippen LogP contribution >= 0.6 is 0 Å². The first-order chi connectivity index (χ1) is 16.2. The molecule has 8 heteroatoms. The van der Waals surface area contributed by atoms with E-state index in [1.54, 1.807) is 27.5 Å². The van der Waals surface area contributed by atoms with Crippen molar-refractivity contribution in [3.05, 3.63) is 55.0 Å². The van der Waals surface area contributed by atoms with E-state index in [0.717, 1.165) is 39.8 Å². The number of rotatable bonds is 7. The molecule has 3 heterocycles. The third-order valence-corrected chi connectivity index (χ3v) is 5.66. The van der Waals surface area contributed by atoms with Gasteiger partial charge in [-0.25, -0.2) is 4.98 Å². The molecule has 0 bridgehead atoms. The van der Waals surface area contributed by atoms with Crippen LogP contribution in [0.5, 0.6) is 17.2 Å². The molecular formula is C25H24N4O4. The van der Waals surface area contributed by atoms with Crippen LogP contribution in [0.25, 0.3) is 44.6 Å². The summed E-state index contributed by atoms with van der Waals surface area (Å²) in [4.78, 5) is 9.04. The van der Waals surface area contributed by atoms with Crippen LogP contribution in [0.2, 0.25) is 0 Å². The van der Waals surface area contributed by atoms with Gasteiger partial charge >= 0.3 is 0 Å². The van der Waals surface area contributed by atoms with Gasteiger partial charge in [-0.15, -0.1) is 0 Å². The highest BCUT2D eigenvalue weighted by Crippen LogP contribution is 2.43. The second kappa shape index (κ2) is 8.48. The van der Waals surface area contributed by atoms with E-state index in [2.05, 4.69) is 32.7 Å². The Morgan fingerprint density at radius 3 is 2.36 bits per heavy atom. The molecule has 8 nitrogen and oxygen atoms in total. The number of nitrogens with two attached hydrogens (primary N) is 1. The highest BCUT2D eigenvalue weighted by Gasteiger charge is 2.18. The van der Waals surface area contributed by atoms with E-state index in [9.17, 15) is 0 Å². The average Bonchev–Trinajstić information content (AvgIpc) is 3.47. The van der Waals surface area contributed by atoms with Gasteiger partial charge in [0.1, 0.15) is 11.3 Å². The summed E-state index contributed by atoms with van der Waals surface area (Å²) in [6.07, 6.45) is 3.60. The van der Waals surface area contributed by atoms with Crippen LogP contribution in [0.3, 0.4) is 0 Å². The van der Waals surface area contributed by atoms with E-state index < -0.39 is 0 Å². The van der Waals surface area contributed by atoms with Crippen LogP contribution in [0.1, 0.15) is 0 Å². The van der Waals surface area contributed by atoms with Gasteiger partial charge in [0.05, 0.1) is 38.7 Å². The molecule has 0 fully saturated rings. The quantitative estimate of drug-likeness (QED) is 0.395. The maximum absolute atomic E-state index is 6.31.